The zero-order valence-corrected chi connectivity index (χ0v) is 9.92. The fourth-order valence-electron chi connectivity index (χ4n) is 1.49. The molecule has 84 valence electrons. The molecule has 0 saturated heterocycles. The lowest BCUT2D eigenvalue weighted by molar-refractivity contribution is 0.216. The predicted octanol–water partition coefficient (Wildman–Crippen LogP) is 1.84. The first kappa shape index (κ1) is 12.0. The maximum Gasteiger partial charge on any atom is 0.122 e. The molecule has 0 radical (unpaired) electrons. The summed E-state index contributed by atoms with van der Waals surface area (Å²) >= 11 is 0. The number of nitrogens with one attached hydrogen (secondary N) is 1. The van der Waals surface area contributed by atoms with E-state index < -0.39 is 0 Å². The summed E-state index contributed by atoms with van der Waals surface area (Å²) in [5.74, 6) is 6.19. The van der Waals surface area contributed by atoms with Gasteiger partial charge in [-0.05, 0) is 50.5 Å². The van der Waals surface area contributed by atoms with Gasteiger partial charge in [-0.2, -0.15) is 0 Å². The number of hydrazine groups is 1. The number of hydrogen-bond donors (Lipinski definition) is 2. The van der Waals surface area contributed by atoms with E-state index >= 15 is 0 Å². The Morgan fingerprint density at radius 2 is 1.80 bits per heavy atom. The number of ether oxygens (including phenoxy) is 1. The van der Waals surface area contributed by atoms with Crippen LogP contribution in [0, 0.1) is 20.8 Å². The molecule has 0 fully saturated rings. The molecule has 0 bridgehead atoms. The molecule has 0 spiro atoms. The van der Waals surface area contributed by atoms with Crippen LogP contribution >= 0.6 is 0 Å². The van der Waals surface area contributed by atoms with Crippen LogP contribution in [0.4, 0.5) is 0 Å². The molecule has 0 aliphatic heterocycles. The molecule has 1 rings (SSSR count). The van der Waals surface area contributed by atoms with Crippen LogP contribution in [0.3, 0.4) is 0 Å². The molecule has 0 amide bonds. The van der Waals surface area contributed by atoms with Crippen molar-refractivity contribution in [1.29, 1.82) is 0 Å². The predicted molar refractivity (Wildman–Crippen MR) is 62.9 cm³/mol. The summed E-state index contributed by atoms with van der Waals surface area (Å²) in [5.41, 5.74) is 6.33. The lowest BCUT2D eigenvalue weighted by atomic mass is 10.1. The van der Waals surface area contributed by atoms with Crippen LogP contribution in [0.5, 0.6) is 5.75 Å². The topological polar surface area (TPSA) is 47.3 Å². The molecule has 15 heavy (non-hydrogen) atoms. The lowest BCUT2D eigenvalue weighted by Gasteiger charge is -2.17. The molecule has 1 atom stereocenters. The normalized spacial score (nSPS) is 12.6. The first-order valence-electron chi connectivity index (χ1n) is 5.22. The summed E-state index contributed by atoms with van der Waals surface area (Å²) in [4.78, 5) is 0. The minimum Gasteiger partial charge on any atom is -0.489 e. The van der Waals surface area contributed by atoms with Gasteiger partial charge in [-0.3, -0.25) is 11.3 Å². The van der Waals surface area contributed by atoms with Crippen LogP contribution in [0.25, 0.3) is 0 Å². The Balaban J connectivity index is 2.81. The fraction of sp³-hybridized carbons (Fsp3) is 0.500. The third kappa shape index (κ3) is 3.22. The number of rotatable bonds is 4. The molecule has 3 heteroatoms. The Morgan fingerprint density at radius 3 is 2.40 bits per heavy atom. The van der Waals surface area contributed by atoms with Crippen LogP contribution in [-0.4, -0.2) is 12.6 Å². The Hall–Kier alpha value is -1.06. The van der Waals surface area contributed by atoms with Gasteiger partial charge in [0.1, 0.15) is 11.9 Å². The fourth-order valence-corrected chi connectivity index (χ4v) is 1.49. The molecule has 0 aliphatic rings. The van der Waals surface area contributed by atoms with Crippen molar-refractivity contribution in [1.82, 2.24) is 5.43 Å². The molecule has 0 saturated carbocycles. The molecular weight excluding hydrogens is 188 g/mol. The molecule has 1 aromatic rings. The molecular formula is C12H20N2O. The van der Waals surface area contributed by atoms with E-state index in [4.69, 9.17) is 10.6 Å². The van der Waals surface area contributed by atoms with E-state index in [2.05, 4.69) is 38.3 Å². The number of hydrogen-bond acceptors (Lipinski definition) is 3. The summed E-state index contributed by atoms with van der Waals surface area (Å²) < 4.78 is 5.78. The Kier molecular flexibility index (Phi) is 4.12. The largest absolute Gasteiger partial charge is 0.489 e. The maximum absolute atomic E-state index is 5.78. The number of aryl methyl sites for hydroxylation is 3. The van der Waals surface area contributed by atoms with Gasteiger partial charge >= 0.3 is 0 Å². The molecule has 1 aromatic carbocycles. The highest BCUT2D eigenvalue weighted by molar-refractivity contribution is 5.40. The first-order valence-corrected chi connectivity index (χ1v) is 5.22. The summed E-state index contributed by atoms with van der Waals surface area (Å²) in [6.45, 7) is 8.90. The second kappa shape index (κ2) is 5.14. The second-order valence-corrected chi connectivity index (χ2v) is 4.04. The van der Waals surface area contributed by atoms with Gasteiger partial charge in [0.05, 0.1) is 0 Å². The Labute approximate surface area is 91.6 Å². The molecule has 3 nitrogen and oxygen atoms in total. The van der Waals surface area contributed by atoms with Gasteiger partial charge in [0.2, 0.25) is 0 Å². The summed E-state index contributed by atoms with van der Waals surface area (Å²) in [7, 11) is 0. The third-order valence-electron chi connectivity index (χ3n) is 2.52. The van der Waals surface area contributed by atoms with Crippen LogP contribution in [-0.2, 0) is 0 Å². The molecule has 0 heterocycles. The van der Waals surface area contributed by atoms with Gasteiger partial charge in [0.15, 0.2) is 0 Å². The quantitative estimate of drug-likeness (QED) is 0.586. The SMILES string of the molecule is Cc1cc(C)c(OC(C)CNN)cc1C. The van der Waals surface area contributed by atoms with Crippen LogP contribution in [0.15, 0.2) is 12.1 Å². The van der Waals surface area contributed by atoms with Crippen molar-refractivity contribution in [3.05, 3.63) is 28.8 Å². The number of nitrogens with two attached hydrogens (primary N) is 1. The maximum atomic E-state index is 5.78. The summed E-state index contributed by atoms with van der Waals surface area (Å²) in [6, 6.07) is 4.23. The van der Waals surface area contributed by atoms with E-state index in [0.717, 1.165) is 5.75 Å². The third-order valence-corrected chi connectivity index (χ3v) is 2.52. The molecule has 1 unspecified atom stereocenters. The van der Waals surface area contributed by atoms with Gasteiger partial charge in [-0.1, -0.05) is 6.07 Å². The van der Waals surface area contributed by atoms with E-state index in [9.17, 15) is 0 Å². The first-order chi connectivity index (χ1) is 7.04. The van der Waals surface area contributed by atoms with E-state index in [1.165, 1.54) is 16.7 Å². The van der Waals surface area contributed by atoms with Crippen molar-refractivity contribution in [2.24, 2.45) is 5.84 Å². The number of benzene rings is 1. The second-order valence-electron chi connectivity index (χ2n) is 4.04. The zero-order valence-electron chi connectivity index (χ0n) is 9.92. The van der Waals surface area contributed by atoms with Crippen LogP contribution in [0.2, 0.25) is 0 Å². The minimum atomic E-state index is 0.0795. The van der Waals surface area contributed by atoms with E-state index in [1.54, 1.807) is 0 Å². The van der Waals surface area contributed by atoms with Gasteiger partial charge in [0.25, 0.3) is 0 Å². The van der Waals surface area contributed by atoms with E-state index in [0.29, 0.717) is 6.54 Å². The molecule has 0 aliphatic carbocycles. The highest BCUT2D eigenvalue weighted by atomic mass is 16.5. The summed E-state index contributed by atoms with van der Waals surface area (Å²) in [5, 5.41) is 0. The lowest BCUT2D eigenvalue weighted by Crippen LogP contribution is -2.33. The van der Waals surface area contributed by atoms with Crippen molar-refractivity contribution in [2.75, 3.05) is 6.54 Å². The van der Waals surface area contributed by atoms with Crippen molar-refractivity contribution in [3.63, 3.8) is 0 Å². The highest BCUT2D eigenvalue weighted by Gasteiger charge is 2.07. The van der Waals surface area contributed by atoms with Gasteiger partial charge in [-0.15, -0.1) is 0 Å². The van der Waals surface area contributed by atoms with Crippen molar-refractivity contribution in [3.8, 4) is 5.75 Å². The van der Waals surface area contributed by atoms with E-state index in [-0.39, 0.29) is 6.10 Å². The molecule has 3 N–H and O–H groups in total. The standard InChI is InChI=1S/C12H20N2O/c1-8-5-10(3)12(6-9(8)2)15-11(4)7-14-13/h5-6,11,14H,7,13H2,1-4H3. The van der Waals surface area contributed by atoms with Crippen LogP contribution in [0.1, 0.15) is 23.6 Å². The molecule has 0 aromatic heterocycles. The van der Waals surface area contributed by atoms with Crippen molar-refractivity contribution < 1.29 is 4.74 Å². The Bertz CT molecular complexity index is 337. The summed E-state index contributed by atoms with van der Waals surface area (Å²) in [6.07, 6.45) is 0.0795. The average Bonchev–Trinajstić information content (AvgIpc) is 2.14. The smallest absolute Gasteiger partial charge is 0.122 e. The van der Waals surface area contributed by atoms with Crippen LogP contribution < -0.4 is 16.0 Å². The monoisotopic (exact) mass is 208 g/mol. The van der Waals surface area contributed by atoms with E-state index in [1.807, 2.05) is 6.92 Å². The van der Waals surface area contributed by atoms with Gasteiger partial charge < -0.3 is 4.74 Å². The van der Waals surface area contributed by atoms with Crippen molar-refractivity contribution in [2.45, 2.75) is 33.8 Å². The van der Waals surface area contributed by atoms with Gasteiger partial charge in [0, 0.05) is 6.54 Å². The zero-order chi connectivity index (χ0) is 11.4. The minimum absolute atomic E-state index is 0.0795. The average molecular weight is 208 g/mol. The van der Waals surface area contributed by atoms with Crippen molar-refractivity contribution >= 4 is 0 Å². The Morgan fingerprint density at radius 1 is 1.20 bits per heavy atom. The highest BCUT2D eigenvalue weighted by Crippen LogP contribution is 2.23. The van der Waals surface area contributed by atoms with Gasteiger partial charge in [-0.25, -0.2) is 0 Å².